The summed E-state index contributed by atoms with van der Waals surface area (Å²) in [6.07, 6.45) is 3.08. The topological polar surface area (TPSA) is 64.2 Å². The number of piperidine rings is 1. The second-order valence-corrected chi connectivity index (χ2v) is 8.20. The predicted octanol–water partition coefficient (Wildman–Crippen LogP) is 3.38. The Morgan fingerprint density at radius 3 is 2.85 bits per heavy atom. The molecule has 1 aromatic carbocycles. The third-order valence-electron chi connectivity index (χ3n) is 5.41. The molecule has 3 aromatic rings. The molecule has 142 valence electrons. The predicted molar refractivity (Wildman–Crippen MR) is 111 cm³/mol. The van der Waals surface area contributed by atoms with E-state index in [1.165, 1.54) is 11.3 Å². The van der Waals surface area contributed by atoms with Gasteiger partial charge in [0.2, 0.25) is 0 Å². The fourth-order valence-corrected chi connectivity index (χ4v) is 4.83. The van der Waals surface area contributed by atoms with Crippen molar-refractivity contribution in [2.45, 2.75) is 44.8 Å². The number of thiophene rings is 1. The second kappa shape index (κ2) is 7.92. The maximum absolute atomic E-state index is 13.3. The molecule has 1 aliphatic heterocycles. The Morgan fingerprint density at radius 2 is 2.11 bits per heavy atom. The number of rotatable bonds is 5. The summed E-state index contributed by atoms with van der Waals surface area (Å²) < 4.78 is 1.87. The van der Waals surface area contributed by atoms with Gasteiger partial charge >= 0.3 is 0 Å². The zero-order chi connectivity index (χ0) is 18.8. The molecule has 0 spiro atoms. The lowest BCUT2D eigenvalue weighted by atomic mass is 10.0. The van der Waals surface area contributed by atoms with E-state index in [4.69, 9.17) is 10.7 Å². The second-order valence-electron chi connectivity index (χ2n) is 7.31. The molecule has 2 N–H and O–H groups in total. The van der Waals surface area contributed by atoms with E-state index in [9.17, 15) is 4.79 Å². The molecule has 4 rings (SSSR count). The minimum Gasteiger partial charge on any atom is -0.327 e. The Kier molecular flexibility index (Phi) is 5.38. The van der Waals surface area contributed by atoms with Crippen molar-refractivity contribution in [2.75, 3.05) is 13.1 Å². The Hall–Kier alpha value is -2.02. The average molecular weight is 383 g/mol. The summed E-state index contributed by atoms with van der Waals surface area (Å²) in [7, 11) is 0. The van der Waals surface area contributed by atoms with Gasteiger partial charge in [-0.3, -0.25) is 14.3 Å². The highest BCUT2D eigenvalue weighted by Crippen LogP contribution is 2.28. The van der Waals surface area contributed by atoms with E-state index >= 15 is 0 Å². The van der Waals surface area contributed by atoms with Gasteiger partial charge in [0, 0.05) is 12.6 Å². The average Bonchev–Trinajstić information content (AvgIpc) is 3.15. The molecule has 27 heavy (non-hydrogen) atoms. The number of aromatic nitrogens is 2. The SMILES string of the molecule is CCC(c1nc2sccc2c(=O)n1Cc1ccccc1)N1CCCC(N)C1. The van der Waals surface area contributed by atoms with E-state index in [0.717, 1.165) is 48.6 Å². The van der Waals surface area contributed by atoms with Gasteiger partial charge < -0.3 is 5.73 Å². The zero-order valence-electron chi connectivity index (χ0n) is 15.7. The van der Waals surface area contributed by atoms with Gasteiger partial charge in [-0.05, 0) is 42.8 Å². The third-order valence-corrected chi connectivity index (χ3v) is 6.22. The molecule has 5 nitrogen and oxygen atoms in total. The van der Waals surface area contributed by atoms with Gasteiger partial charge in [0.1, 0.15) is 10.7 Å². The minimum absolute atomic E-state index is 0.0554. The molecule has 0 radical (unpaired) electrons. The lowest BCUT2D eigenvalue weighted by molar-refractivity contribution is 0.136. The monoisotopic (exact) mass is 382 g/mol. The summed E-state index contributed by atoms with van der Waals surface area (Å²) >= 11 is 1.54. The molecule has 2 aromatic heterocycles. The van der Waals surface area contributed by atoms with Crippen LogP contribution >= 0.6 is 11.3 Å². The Balaban J connectivity index is 1.82. The van der Waals surface area contributed by atoms with Crippen molar-refractivity contribution in [2.24, 2.45) is 5.73 Å². The highest BCUT2D eigenvalue weighted by atomic mass is 32.1. The van der Waals surface area contributed by atoms with Crippen molar-refractivity contribution in [3.63, 3.8) is 0 Å². The number of fused-ring (bicyclic) bond motifs is 1. The van der Waals surface area contributed by atoms with Gasteiger partial charge in [0.15, 0.2) is 0 Å². The number of nitrogens with zero attached hydrogens (tertiary/aromatic N) is 3. The lowest BCUT2D eigenvalue weighted by Gasteiger charge is -2.37. The van der Waals surface area contributed by atoms with Crippen LogP contribution in [0.3, 0.4) is 0 Å². The van der Waals surface area contributed by atoms with Crippen LogP contribution in [0.15, 0.2) is 46.6 Å². The van der Waals surface area contributed by atoms with E-state index in [-0.39, 0.29) is 17.6 Å². The van der Waals surface area contributed by atoms with Crippen LogP contribution in [0.1, 0.15) is 43.6 Å². The highest BCUT2D eigenvalue weighted by Gasteiger charge is 2.28. The summed E-state index contributed by atoms with van der Waals surface area (Å²) in [4.78, 5) is 21.5. The molecular formula is C21H26N4OS. The molecule has 0 bridgehead atoms. The van der Waals surface area contributed by atoms with Gasteiger partial charge in [-0.15, -0.1) is 11.3 Å². The molecule has 2 atom stereocenters. The quantitative estimate of drug-likeness (QED) is 0.735. The van der Waals surface area contributed by atoms with Crippen LogP contribution in [0.5, 0.6) is 0 Å². The van der Waals surface area contributed by atoms with Crippen LogP contribution in [0.2, 0.25) is 0 Å². The summed E-state index contributed by atoms with van der Waals surface area (Å²) in [6.45, 7) is 4.59. The summed E-state index contributed by atoms with van der Waals surface area (Å²) in [5.41, 5.74) is 7.40. The molecule has 1 saturated heterocycles. The van der Waals surface area contributed by atoms with Gasteiger partial charge in [0.05, 0.1) is 18.0 Å². The number of hydrogen-bond donors (Lipinski definition) is 1. The van der Waals surface area contributed by atoms with Crippen LogP contribution in [0.4, 0.5) is 0 Å². The van der Waals surface area contributed by atoms with Crippen LogP contribution in [-0.2, 0) is 6.54 Å². The Morgan fingerprint density at radius 1 is 1.30 bits per heavy atom. The molecule has 1 aliphatic rings. The largest absolute Gasteiger partial charge is 0.327 e. The number of hydrogen-bond acceptors (Lipinski definition) is 5. The zero-order valence-corrected chi connectivity index (χ0v) is 16.5. The minimum atomic E-state index is 0.0554. The van der Waals surface area contributed by atoms with Crippen molar-refractivity contribution in [3.05, 3.63) is 63.5 Å². The Bertz CT molecular complexity index is 965. The molecule has 2 unspecified atom stereocenters. The van der Waals surface area contributed by atoms with Gasteiger partial charge in [-0.25, -0.2) is 4.98 Å². The van der Waals surface area contributed by atoms with E-state index in [0.29, 0.717) is 11.9 Å². The molecule has 0 saturated carbocycles. The molecule has 0 aliphatic carbocycles. The van der Waals surface area contributed by atoms with Crippen LogP contribution in [-0.4, -0.2) is 33.6 Å². The van der Waals surface area contributed by atoms with E-state index in [2.05, 4.69) is 24.0 Å². The molecule has 3 heterocycles. The van der Waals surface area contributed by atoms with Gasteiger partial charge in [-0.1, -0.05) is 37.3 Å². The fourth-order valence-electron chi connectivity index (χ4n) is 4.07. The van der Waals surface area contributed by atoms with Crippen molar-refractivity contribution >= 4 is 21.6 Å². The van der Waals surface area contributed by atoms with E-state index in [1.54, 1.807) is 0 Å². The maximum Gasteiger partial charge on any atom is 0.262 e. The van der Waals surface area contributed by atoms with Crippen molar-refractivity contribution in [3.8, 4) is 0 Å². The highest BCUT2D eigenvalue weighted by molar-refractivity contribution is 7.16. The first-order valence-corrected chi connectivity index (χ1v) is 10.6. The van der Waals surface area contributed by atoms with Crippen LogP contribution < -0.4 is 11.3 Å². The van der Waals surface area contributed by atoms with E-state index in [1.807, 2.05) is 34.2 Å². The van der Waals surface area contributed by atoms with Crippen molar-refractivity contribution < 1.29 is 0 Å². The number of nitrogens with two attached hydrogens (primary N) is 1. The molecule has 0 amide bonds. The first-order valence-electron chi connectivity index (χ1n) is 9.69. The van der Waals surface area contributed by atoms with Crippen LogP contribution in [0, 0.1) is 0 Å². The summed E-state index contributed by atoms with van der Waals surface area (Å²) in [6, 6.07) is 12.3. The van der Waals surface area contributed by atoms with Gasteiger partial charge in [0.25, 0.3) is 5.56 Å². The maximum atomic E-state index is 13.3. The first kappa shape index (κ1) is 18.3. The Labute approximate surface area is 163 Å². The smallest absolute Gasteiger partial charge is 0.262 e. The standard InChI is InChI=1S/C21H26N4OS/c1-2-18(24-11-6-9-16(22)14-24)19-23-20-17(10-12-27-20)21(26)25(19)13-15-7-4-3-5-8-15/h3-5,7-8,10,12,16,18H,2,6,9,11,13-14,22H2,1H3. The van der Waals surface area contributed by atoms with Crippen LogP contribution in [0.25, 0.3) is 10.2 Å². The number of benzene rings is 1. The van der Waals surface area contributed by atoms with Crippen molar-refractivity contribution in [1.29, 1.82) is 0 Å². The molecule has 1 fully saturated rings. The van der Waals surface area contributed by atoms with E-state index < -0.39 is 0 Å². The normalized spacial score (nSPS) is 19.4. The number of likely N-dealkylation sites (tertiary alicyclic amines) is 1. The van der Waals surface area contributed by atoms with Crippen molar-refractivity contribution in [1.82, 2.24) is 14.5 Å². The lowest BCUT2D eigenvalue weighted by Crippen LogP contribution is -2.45. The molecular weight excluding hydrogens is 356 g/mol. The van der Waals surface area contributed by atoms with Gasteiger partial charge in [-0.2, -0.15) is 0 Å². The third kappa shape index (κ3) is 3.70. The first-order chi connectivity index (χ1) is 13.2. The summed E-state index contributed by atoms with van der Waals surface area (Å²) in [5.74, 6) is 0.871. The summed E-state index contributed by atoms with van der Waals surface area (Å²) in [5, 5.41) is 2.66. The molecule has 6 heteroatoms. The fraction of sp³-hybridized carbons (Fsp3) is 0.429.